The Hall–Kier alpha value is -0.520. The number of rotatable bonds is 8. The molecule has 0 radical (unpaired) electrons. The third kappa shape index (κ3) is 5.85. The standard InChI is InChI=1S/C15H25NO2S2/c1-5-19-11-10-12(2)16-13(3)14-6-8-15(9-7-14)20(4,17)18/h6-9,12-13,16H,5,10-11H2,1-4H3. The quantitative estimate of drug-likeness (QED) is 0.748. The Morgan fingerprint density at radius 1 is 1.20 bits per heavy atom. The average molecular weight is 316 g/mol. The van der Waals surface area contributed by atoms with Crippen LogP contribution in [0.4, 0.5) is 0 Å². The Kier molecular flexibility index (Phi) is 7.06. The maximum atomic E-state index is 11.4. The SMILES string of the molecule is CCSCCC(C)NC(C)c1ccc(S(C)(=O)=O)cc1. The molecule has 0 saturated carbocycles. The molecule has 0 bridgehead atoms. The smallest absolute Gasteiger partial charge is 0.175 e. The predicted octanol–water partition coefficient (Wildman–Crippen LogP) is 3.27. The van der Waals surface area contributed by atoms with E-state index >= 15 is 0 Å². The first-order chi connectivity index (χ1) is 9.34. The van der Waals surface area contributed by atoms with Gasteiger partial charge in [0.1, 0.15) is 0 Å². The molecule has 2 unspecified atom stereocenters. The van der Waals surface area contributed by atoms with Crippen LogP contribution in [0.3, 0.4) is 0 Å². The molecule has 0 spiro atoms. The van der Waals surface area contributed by atoms with E-state index in [1.54, 1.807) is 12.1 Å². The highest BCUT2D eigenvalue weighted by atomic mass is 32.2. The lowest BCUT2D eigenvalue weighted by Gasteiger charge is -2.20. The van der Waals surface area contributed by atoms with Gasteiger partial charge >= 0.3 is 0 Å². The molecule has 0 saturated heterocycles. The summed E-state index contributed by atoms with van der Waals surface area (Å²) in [7, 11) is -3.11. The van der Waals surface area contributed by atoms with Crippen molar-refractivity contribution in [2.75, 3.05) is 17.8 Å². The highest BCUT2D eigenvalue weighted by Gasteiger charge is 2.11. The van der Waals surface area contributed by atoms with Crippen LogP contribution in [0, 0.1) is 0 Å². The largest absolute Gasteiger partial charge is 0.308 e. The van der Waals surface area contributed by atoms with Crippen molar-refractivity contribution in [2.45, 2.75) is 44.2 Å². The fourth-order valence-electron chi connectivity index (χ4n) is 2.01. The number of thioether (sulfide) groups is 1. The molecule has 1 aromatic rings. The maximum absolute atomic E-state index is 11.4. The van der Waals surface area contributed by atoms with Gasteiger partial charge in [-0.1, -0.05) is 19.1 Å². The van der Waals surface area contributed by atoms with E-state index in [0.717, 1.165) is 17.7 Å². The van der Waals surface area contributed by atoms with E-state index in [9.17, 15) is 8.42 Å². The molecular weight excluding hydrogens is 290 g/mol. The summed E-state index contributed by atoms with van der Waals surface area (Å²) >= 11 is 1.96. The van der Waals surface area contributed by atoms with Crippen molar-refractivity contribution in [2.24, 2.45) is 0 Å². The Morgan fingerprint density at radius 3 is 2.30 bits per heavy atom. The average Bonchev–Trinajstić information content (AvgIpc) is 2.38. The highest BCUT2D eigenvalue weighted by molar-refractivity contribution is 7.99. The molecule has 114 valence electrons. The first-order valence-corrected chi connectivity index (χ1v) is 10.0. The summed E-state index contributed by atoms with van der Waals surface area (Å²) < 4.78 is 22.8. The van der Waals surface area contributed by atoms with Gasteiger partial charge in [-0.05, 0) is 49.5 Å². The molecule has 5 heteroatoms. The van der Waals surface area contributed by atoms with Crippen molar-refractivity contribution >= 4 is 21.6 Å². The normalized spacial score (nSPS) is 15.0. The van der Waals surface area contributed by atoms with Crippen molar-refractivity contribution in [3.05, 3.63) is 29.8 Å². The lowest BCUT2D eigenvalue weighted by molar-refractivity contribution is 0.471. The van der Waals surface area contributed by atoms with Gasteiger partial charge in [-0.3, -0.25) is 0 Å². The minimum atomic E-state index is -3.11. The second-order valence-electron chi connectivity index (χ2n) is 5.12. The fourth-order valence-corrected chi connectivity index (χ4v) is 3.45. The Labute approximate surface area is 127 Å². The van der Waals surface area contributed by atoms with E-state index in [1.165, 1.54) is 12.0 Å². The van der Waals surface area contributed by atoms with Gasteiger partial charge in [-0.25, -0.2) is 8.42 Å². The van der Waals surface area contributed by atoms with Gasteiger partial charge in [0.05, 0.1) is 4.90 Å². The van der Waals surface area contributed by atoms with Crippen LogP contribution in [0.15, 0.2) is 29.2 Å². The van der Waals surface area contributed by atoms with Gasteiger partial charge in [-0.15, -0.1) is 0 Å². The second-order valence-corrected chi connectivity index (χ2v) is 8.53. The topological polar surface area (TPSA) is 46.2 Å². The molecular formula is C15H25NO2S2. The Balaban J connectivity index is 2.57. The zero-order valence-corrected chi connectivity index (χ0v) is 14.4. The lowest BCUT2D eigenvalue weighted by Crippen LogP contribution is -2.29. The van der Waals surface area contributed by atoms with Crippen LogP contribution in [-0.4, -0.2) is 32.2 Å². The van der Waals surface area contributed by atoms with Gasteiger partial charge in [0.25, 0.3) is 0 Å². The molecule has 2 atom stereocenters. The lowest BCUT2D eigenvalue weighted by atomic mass is 10.1. The summed E-state index contributed by atoms with van der Waals surface area (Å²) in [5.41, 5.74) is 1.12. The van der Waals surface area contributed by atoms with Crippen molar-refractivity contribution in [3.63, 3.8) is 0 Å². The summed E-state index contributed by atoms with van der Waals surface area (Å²) in [6.07, 6.45) is 2.38. The maximum Gasteiger partial charge on any atom is 0.175 e. The molecule has 0 heterocycles. The molecule has 0 fully saturated rings. The molecule has 1 aromatic carbocycles. The molecule has 20 heavy (non-hydrogen) atoms. The molecule has 1 N–H and O–H groups in total. The fraction of sp³-hybridized carbons (Fsp3) is 0.600. The van der Waals surface area contributed by atoms with E-state index in [0.29, 0.717) is 10.9 Å². The zero-order chi connectivity index (χ0) is 15.2. The van der Waals surface area contributed by atoms with Crippen LogP contribution < -0.4 is 5.32 Å². The third-order valence-corrected chi connectivity index (χ3v) is 5.30. The predicted molar refractivity (Wildman–Crippen MR) is 88.2 cm³/mol. The van der Waals surface area contributed by atoms with Crippen LogP contribution in [0.2, 0.25) is 0 Å². The summed E-state index contributed by atoms with van der Waals surface area (Å²) in [5, 5.41) is 3.55. The van der Waals surface area contributed by atoms with Gasteiger partial charge in [0.15, 0.2) is 9.84 Å². The molecule has 3 nitrogen and oxygen atoms in total. The van der Waals surface area contributed by atoms with Crippen LogP contribution in [-0.2, 0) is 9.84 Å². The summed E-state index contributed by atoms with van der Waals surface area (Å²) in [4.78, 5) is 0.376. The molecule has 0 aliphatic heterocycles. The van der Waals surface area contributed by atoms with Crippen LogP contribution in [0.5, 0.6) is 0 Å². The molecule has 0 aromatic heterocycles. The minimum absolute atomic E-state index is 0.227. The van der Waals surface area contributed by atoms with Crippen LogP contribution in [0.25, 0.3) is 0 Å². The highest BCUT2D eigenvalue weighted by Crippen LogP contribution is 2.17. The monoisotopic (exact) mass is 315 g/mol. The van der Waals surface area contributed by atoms with Crippen LogP contribution >= 0.6 is 11.8 Å². The van der Waals surface area contributed by atoms with Crippen molar-refractivity contribution < 1.29 is 8.42 Å². The number of nitrogens with one attached hydrogen (secondary N) is 1. The zero-order valence-electron chi connectivity index (χ0n) is 12.7. The molecule has 0 aliphatic carbocycles. The second kappa shape index (κ2) is 8.05. The van der Waals surface area contributed by atoms with Gasteiger partial charge < -0.3 is 5.32 Å². The minimum Gasteiger partial charge on any atom is -0.308 e. The molecule has 0 aliphatic rings. The number of benzene rings is 1. The van der Waals surface area contributed by atoms with Gasteiger partial charge in [0, 0.05) is 18.3 Å². The van der Waals surface area contributed by atoms with Crippen molar-refractivity contribution in [1.29, 1.82) is 0 Å². The van der Waals surface area contributed by atoms with Gasteiger partial charge in [0.2, 0.25) is 0 Å². The van der Waals surface area contributed by atoms with E-state index in [-0.39, 0.29) is 6.04 Å². The van der Waals surface area contributed by atoms with E-state index in [1.807, 2.05) is 23.9 Å². The first kappa shape index (κ1) is 17.5. The van der Waals surface area contributed by atoms with Gasteiger partial charge in [-0.2, -0.15) is 11.8 Å². The molecule has 1 rings (SSSR count). The summed E-state index contributed by atoms with van der Waals surface area (Å²) in [6.45, 7) is 6.48. The van der Waals surface area contributed by atoms with Crippen molar-refractivity contribution in [1.82, 2.24) is 5.32 Å². The summed E-state index contributed by atoms with van der Waals surface area (Å²) in [5.74, 6) is 2.33. The Morgan fingerprint density at radius 2 is 1.80 bits per heavy atom. The Bertz CT molecular complexity index is 497. The van der Waals surface area contributed by atoms with E-state index in [4.69, 9.17) is 0 Å². The first-order valence-electron chi connectivity index (χ1n) is 6.98. The summed E-state index contributed by atoms with van der Waals surface area (Å²) in [6, 6.07) is 7.83. The number of sulfone groups is 1. The number of hydrogen-bond donors (Lipinski definition) is 1. The molecule has 0 amide bonds. The van der Waals surface area contributed by atoms with Crippen LogP contribution in [0.1, 0.15) is 38.8 Å². The van der Waals surface area contributed by atoms with Crippen molar-refractivity contribution in [3.8, 4) is 0 Å². The van der Waals surface area contributed by atoms with E-state index < -0.39 is 9.84 Å². The third-order valence-electron chi connectivity index (χ3n) is 3.24. The van der Waals surface area contributed by atoms with E-state index in [2.05, 4.69) is 26.1 Å². The number of hydrogen-bond acceptors (Lipinski definition) is 4.